The molecule has 1 amide bonds. The first-order valence-corrected chi connectivity index (χ1v) is 8.52. The summed E-state index contributed by atoms with van der Waals surface area (Å²) in [5.74, 6) is 0.401. The minimum atomic E-state index is -0.217. The first kappa shape index (κ1) is 16.7. The summed E-state index contributed by atoms with van der Waals surface area (Å²) in [7, 11) is 0. The molecule has 4 rings (SSSR count). The number of amides is 1. The lowest BCUT2D eigenvalue weighted by atomic mass is 10.2. The normalized spacial score (nSPS) is 10.7. The molecule has 4 aromatic rings. The Hall–Kier alpha value is -3.74. The van der Waals surface area contributed by atoms with E-state index in [0.29, 0.717) is 11.4 Å². The van der Waals surface area contributed by atoms with Crippen molar-refractivity contribution in [2.24, 2.45) is 0 Å². The average molecular weight is 358 g/mol. The highest BCUT2D eigenvalue weighted by molar-refractivity contribution is 6.04. The summed E-state index contributed by atoms with van der Waals surface area (Å²) in [6.45, 7) is 3.93. The Bertz CT molecular complexity index is 1080. The van der Waals surface area contributed by atoms with Gasteiger partial charge < -0.3 is 5.32 Å². The highest BCUT2D eigenvalue weighted by atomic mass is 16.1. The van der Waals surface area contributed by atoms with Gasteiger partial charge in [-0.25, -0.2) is 9.36 Å². The summed E-state index contributed by atoms with van der Waals surface area (Å²) < 4.78 is 3.34. The van der Waals surface area contributed by atoms with Gasteiger partial charge in [0.25, 0.3) is 5.91 Å². The van der Waals surface area contributed by atoms with Crippen LogP contribution in [-0.4, -0.2) is 30.7 Å². The van der Waals surface area contributed by atoms with Crippen LogP contribution in [0.2, 0.25) is 0 Å². The van der Waals surface area contributed by atoms with Gasteiger partial charge in [-0.05, 0) is 44.2 Å². The SMILES string of the molecule is Cc1ccc(-n2nc(C)cc2NC(=O)c2cccc(-n3ccnn3)c2)cc1. The van der Waals surface area contributed by atoms with Gasteiger partial charge in [0.15, 0.2) is 0 Å². The van der Waals surface area contributed by atoms with E-state index >= 15 is 0 Å². The van der Waals surface area contributed by atoms with E-state index in [2.05, 4.69) is 20.7 Å². The number of rotatable bonds is 4. The van der Waals surface area contributed by atoms with Crippen LogP contribution in [0.1, 0.15) is 21.6 Å². The van der Waals surface area contributed by atoms with Gasteiger partial charge in [-0.2, -0.15) is 5.10 Å². The van der Waals surface area contributed by atoms with Gasteiger partial charge in [0.1, 0.15) is 5.82 Å². The molecule has 0 unspecified atom stereocenters. The zero-order valence-corrected chi connectivity index (χ0v) is 15.0. The number of carbonyl (C=O) groups excluding carboxylic acids is 1. The van der Waals surface area contributed by atoms with Crippen LogP contribution in [0.3, 0.4) is 0 Å². The fourth-order valence-electron chi connectivity index (χ4n) is 2.80. The number of carbonyl (C=O) groups is 1. The predicted octanol–water partition coefficient (Wildman–Crippen LogP) is 3.32. The maximum absolute atomic E-state index is 12.8. The zero-order valence-electron chi connectivity index (χ0n) is 15.0. The monoisotopic (exact) mass is 358 g/mol. The van der Waals surface area contributed by atoms with Crippen molar-refractivity contribution < 1.29 is 4.79 Å². The number of aromatic nitrogens is 5. The van der Waals surface area contributed by atoms with E-state index in [-0.39, 0.29) is 5.91 Å². The molecule has 0 saturated heterocycles. The molecular formula is C20H18N6O. The fourth-order valence-corrected chi connectivity index (χ4v) is 2.80. The van der Waals surface area contributed by atoms with E-state index < -0.39 is 0 Å². The Balaban J connectivity index is 1.62. The third-order valence-electron chi connectivity index (χ3n) is 4.15. The Morgan fingerprint density at radius 2 is 1.81 bits per heavy atom. The van der Waals surface area contributed by atoms with Crippen molar-refractivity contribution in [3.8, 4) is 11.4 Å². The lowest BCUT2D eigenvalue weighted by molar-refractivity contribution is 0.102. The molecule has 0 aliphatic rings. The molecule has 2 aromatic carbocycles. The standard InChI is InChI=1S/C20H18N6O/c1-14-6-8-17(9-7-14)26-19(12-15(2)23-26)22-20(27)16-4-3-5-18(13-16)25-11-10-21-24-25/h3-13H,1-2H3,(H,22,27). The van der Waals surface area contributed by atoms with Crippen molar-refractivity contribution in [3.63, 3.8) is 0 Å². The third kappa shape index (κ3) is 3.48. The van der Waals surface area contributed by atoms with Gasteiger partial charge in [-0.3, -0.25) is 4.79 Å². The van der Waals surface area contributed by atoms with Gasteiger partial charge >= 0.3 is 0 Å². The summed E-state index contributed by atoms with van der Waals surface area (Å²) in [6.07, 6.45) is 3.32. The number of hydrogen-bond donors (Lipinski definition) is 1. The van der Waals surface area contributed by atoms with Crippen LogP contribution in [0.15, 0.2) is 67.0 Å². The lowest BCUT2D eigenvalue weighted by Crippen LogP contribution is -2.15. The number of aryl methyl sites for hydroxylation is 2. The van der Waals surface area contributed by atoms with Crippen LogP contribution in [0.5, 0.6) is 0 Å². The minimum absolute atomic E-state index is 0.217. The molecule has 0 radical (unpaired) electrons. The van der Waals surface area contributed by atoms with Crippen LogP contribution in [-0.2, 0) is 0 Å². The van der Waals surface area contributed by atoms with Crippen LogP contribution in [0.25, 0.3) is 11.4 Å². The molecule has 0 saturated carbocycles. The summed E-state index contributed by atoms with van der Waals surface area (Å²) in [5.41, 5.74) is 4.17. The maximum atomic E-state index is 12.8. The van der Waals surface area contributed by atoms with Crippen molar-refractivity contribution in [1.82, 2.24) is 24.8 Å². The number of nitrogens with zero attached hydrogens (tertiary/aromatic N) is 5. The number of nitrogens with one attached hydrogen (secondary N) is 1. The van der Waals surface area contributed by atoms with Gasteiger partial charge in [0.05, 0.1) is 29.5 Å². The third-order valence-corrected chi connectivity index (χ3v) is 4.15. The van der Waals surface area contributed by atoms with E-state index in [9.17, 15) is 4.79 Å². The maximum Gasteiger partial charge on any atom is 0.256 e. The fraction of sp³-hybridized carbons (Fsp3) is 0.100. The number of hydrogen-bond acceptors (Lipinski definition) is 4. The molecule has 1 N–H and O–H groups in total. The zero-order chi connectivity index (χ0) is 18.8. The van der Waals surface area contributed by atoms with Crippen molar-refractivity contribution in [1.29, 1.82) is 0 Å². The highest BCUT2D eigenvalue weighted by Crippen LogP contribution is 2.19. The molecule has 7 nitrogen and oxygen atoms in total. The van der Waals surface area contributed by atoms with Crippen LogP contribution in [0, 0.1) is 13.8 Å². The van der Waals surface area contributed by atoms with E-state index in [1.165, 1.54) is 0 Å². The Morgan fingerprint density at radius 3 is 2.56 bits per heavy atom. The smallest absolute Gasteiger partial charge is 0.256 e. The molecule has 27 heavy (non-hydrogen) atoms. The minimum Gasteiger partial charge on any atom is -0.306 e. The largest absolute Gasteiger partial charge is 0.306 e. The average Bonchev–Trinajstić information content (AvgIpc) is 3.33. The van der Waals surface area contributed by atoms with Crippen LogP contribution >= 0.6 is 0 Å². The summed E-state index contributed by atoms with van der Waals surface area (Å²) >= 11 is 0. The molecule has 2 heterocycles. The number of anilines is 1. The second-order valence-electron chi connectivity index (χ2n) is 6.27. The van der Waals surface area contributed by atoms with Gasteiger partial charge in [-0.1, -0.05) is 29.0 Å². The first-order valence-electron chi connectivity index (χ1n) is 8.52. The van der Waals surface area contributed by atoms with Crippen molar-refractivity contribution >= 4 is 11.7 Å². The summed E-state index contributed by atoms with van der Waals surface area (Å²) in [4.78, 5) is 12.8. The second kappa shape index (κ2) is 6.87. The van der Waals surface area contributed by atoms with E-state index in [1.807, 2.05) is 56.3 Å². The quantitative estimate of drug-likeness (QED) is 0.607. The van der Waals surface area contributed by atoms with E-state index in [4.69, 9.17) is 0 Å². The molecule has 134 valence electrons. The highest BCUT2D eigenvalue weighted by Gasteiger charge is 2.13. The molecular weight excluding hydrogens is 340 g/mol. The molecule has 0 bridgehead atoms. The predicted molar refractivity (Wildman–Crippen MR) is 102 cm³/mol. The van der Waals surface area contributed by atoms with Gasteiger partial charge in [0, 0.05) is 11.6 Å². The Morgan fingerprint density at radius 1 is 1.00 bits per heavy atom. The van der Waals surface area contributed by atoms with E-state index in [0.717, 1.165) is 22.6 Å². The lowest BCUT2D eigenvalue weighted by Gasteiger charge is -2.10. The van der Waals surface area contributed by atoms with E-state index in [1.54, 1.807) is 33.9 Å². The molecule has 0 aliphatic heterocycles. The Kier molecular flexibility index (Phi) is 4.25. The molecule has 2 aromatic heterocycles. The molecule has 0 aliphatic carbocycles. The first-order chi connectivity index (χ1) is 13.1. The number of benzene rings is 2. The van der Waals surface area contributed by atoms with Crippen molar-refractivity contribution in [2.75, 3.05) is 5.32 Å². The molecule has 0 atom stereocenters. The molecule has 7 heteroatoms. The van der Waals surface area contributed by atoms with Crippen LogP contribution in [0.4, 0.5) is 5.82 Å². The Labute approximate surface area is 156 Å². The molecule has 0 spiro atoms. The van der Waals surface area contributed by atoms with Crippen molar-refractivity contribution in [2.45, 2.75) is 13.8 Å². The van der Waals surface area contributed by atoms with Crippen LogP contribution < -0.4 is 5.32 Å². The van der Waals surface area contributed by atoms with Gasteiger partial charge in [0.2, 0.25) is 0 Å². The summed E-state index contributed by atoms with van der Waals surface area (Å²) in [5, 5.41) is 15.2. The summed E-state index contributed by atoms with van der Waals surface area (Å²) in [6, 6.07) is 17.0. The van der Waals surface area contributed by atoms with Crippen molar-refractivity contribution in [3.05, 3.63) is 83.8 Å². The van der Waals surface area contributed by atoms with Gasteiger partial charge in [-0.15, -0.1) is 5.10 Å². The molecule has 0 fully saturated rings. The topological polar surface area (TPSA) is 77.6 Å². The second-order valence-corrected chi connectivity index (χ2v) is 6.27.